The van der Waals surface area contributed by atoms with E-state index in [-0.39, 0.29) is 0 Å². The molecular formula is C11H21N5. The normalized spacial score (nSPS) is 22.5. The van der Waals surface area contributed by atoms with E-state index in [2.05, 4.69) is 21.4 Å². The standard InChI is InChI=1S/C11H21N5/c1-15-10(2-4-14-15)3-6-16-7-5-13-9-11(16)8-12/h2,4,11,13H,3,5-9,12H2,1H3. The molecule has 1 saturated heterocycles. The molecule has 1 aromatic heterocycles. The first-order valence-electron chi connectivity index (χ1n) is 5.93. The fourth-order valence-electron chi connectivity index (χ4n) is 2.23. The summed E-state index contributed by atoms with van der Waals surface area (Å²) in [5.41, 5.74) is 7.06. The van der Waals surface area contributed by atoms with Crippen LogP contribution in [-0.4, -0.2) is 53.4 Å². The fourth-order valence-corrected chi connectivity index (χ4v) is 2.23. The minimum atomic E-state index is 0.488. The Kier molecular flexibility index (Phi) is 3.93. The van der Waals surface area contributed by atoms with Crippen LogP contribution in [0.5, 0.6) is 0 Å². The lowest BCUT2D eigenvalue weighted by Gasteiger charge is -2.35. The molecule has 1 aliphatic heterocycles. The first kappa shape index (κ1) is 11.6. The van der Waals surface area contributed by atoms with Crippen LogP contribution in [0.25, 0.3) is 0 Å². The molecule has 90 valence electrons. The van der Waals surface area contributed by atoms with Crippen LogP contribution >= 0.6 is 0 Å². The number of nitrogens with one attached hydrogen (secondary N) is 1. The van der Waals surface area contributed by atoms with Crippen molar-refractivity contribution in [3.63, 3.8) is 0 Å². The van der Waals surface area contributed by atoms with Crippen LogP contribution in [0.3, 0.4) is 0 Å². The van der Waals surface area contributed by atoms with Crippen LogP contribution in [0.2, 0.25) is 0 Å². The second-order valence-electron chi connectivity index (χ2n) is 4.33. The van der Waals surface area contributed by atoms with Gasteiger partial charge in [0.1, 0.15) is 0 Å². The molecule has 5 nitrogen and oxygen atoms in total. The Morgan fingerprint density at radius 1 is 1.62 bits per heavy atom. The predicted octanol–water partition coefficient (Wildman–Crippen LogP) is -0.805. The van der Waals surface area contributed by atoms with Gasteiger partial charge in [0.15, 0.2) is 0 Å². The Balaban J connectivity index is 1.86. The molecule has 1 atom stereocenters. The SMILES string of the molecule is Cn1nccc1CCN1CCNCC1CN. The summed E-state index contributed by atoms with van der Waals surface area (Å²) in [4.78, 5) is 2.48. The number of rotatable bonds is 4. The summed E-state index contributed by atoms with van der Waals surface area (Å²) < 4.78 is 1.94. The average molecular weight is 223 g/mol. The first-order valence-corrected chi connectivity index (χ1v) is 5.93. The van der Waals surface area contributed by atoms with Crippen LogP contribution in [-0.2, 0) is 13.5 Å². The second-order valence-corrected chi connectivity index (χ2v) is 4.33. The smallest absolute Gasteiger partial charge is 0.0492 e. The van der Waals surface area contributed by atoms with Crippen LogP contribution in [0.15, 0.2) is 12.3 Å². The molecular weight excluding hydrogens is 202 g/mol. The first-order chi connectivity index (χ1) is 7.81. The lowest BCUT2D eigenvalue weighted by molar-refractivity contribution is 0.167. The highest BCUT2D eigenvalue weighted by Crippen LogP contribution is 2.05. The Bertz CT molecular complexity index is 322. The molecule has 2 rings (SSSR count). The van der Waals surface area contributed by atoms with Crippen LogP contribution in [0, 0.1) is 0 Å². The van der Waals surface area contributed by atoms with Gasteiger partial charge in [-0.05, 0) is 6.07 Å². The molecule has 1 aliphatic rings. The van der Waals surface area contributed by atoms with Crippen LogP contribution < -0.4 is 11.1 Å². The van der Waals surface area contributed by atoms with E-state index in [1.54, 1.807) is 0 Å². The molecule has 2 heterocycles. The Morgan fingerprint density at radius 3 is 3.19 bits per heavy atom. The van der Waals surface area contributed by atoms with Crippen molar-refractivity contribution in [1.82, 2.24) is 20.0 Å². The fraction of sp³-hybridized carbons (Fsp3) is 0.727. The van der Waals surface area contributed by atoms with E-state index in [1.807, 2.05) is 17.9 Å². The summed E-state index contributed by atoms with van der Waals surface area (Å²) in [6.45, 7) is 4.99. The number of hydrogen-bond donors (Lipinski definition) is 2. The largest absolute Gasteiger partial charge is 0.329 e. The van der Waals surface area contributed by atoms with Crippen molar-refractivity contribution in [3.05, 3.63) is 18.0 Å². The van der Waals surface area contributed by atoms with Gasteiger partial charge in [0.2, 0.25) is 0 Å². The summed E-state index contributed by atoms with van der Waals surface area (Å²) in [5, 5.41) is 7.56. The maximum Gasteiger partial charge on any atom is 0.0492 e. The summed E-state index contributed by atoms with van der Waals surface area (Å²) in [5.74, 6) is 0. The van der Waals surface area contributed by atoms with Gasteiger partial charge in [0.05, 0.1) is 0 Å². The third-order valence-electron chi connectivity index (χ3n) is 3.32. The number of piperazine rings is 1. The van der Waals surface area contributed by atoms with E-state index in [4.69, 9.17) is 5.73 Å². The van der Waals surface area contributed by atoms with Gasteiger partial charge < -0.3 is 11.1 Å². The maximum atomic E-state index is 5.77. The summed E-state index contributed by atoms with van der Waals surface area (Å²) in [7, 11) is 1.99. The second kappa shape index (κ2) is 5.43. The van der Waals surface area contributed by atoms with Gasteiger partial charge in [-0.2, -0.15) is 5.10 Å². The van der Waals surface area contributed by atoms with Crippen molar-refractivity contribution in [1.29, 1.82) is 0 Å². The third-order valence-corrected chi connectivity index (χ3v) is 3.32. The third kappa shape index (κ3) is 2.61. The van der Waals surface area contributed by atoms with Gasteiger partial charge in [0, 0.05) is 64.1 Å². The average Bonchev–Trinajstić information content (AvgIpc) is 2.72. The topological polar surface area (TPSA) is 59.1 Å². The molecule has 0 amide bonds. The number of aryl methyl sites for hydroxylation is 1. The molecule has 3 N–H and O–H groups in total. The van der Waals surface area contributed by atoms with Gasteiger partial charge in [-0.3, -0.25) is 9.58 Å². The summed E-state index contributed by atoms with van der Waals surface area (Å²) >= 11 is 0. The molecule has 0 radical (unpaired) electrons. The molecule has 1 unspecified atom stereocenters. The zero-order valence-corrected chi connectivity index (χ0v) is 9.89. The van der Waals surface area contributed by atoms with E-state index in [1.165, 1.54) is 5.69 Å². The van der Waals surface area contributed by atoms with Gasteiger partial charge in [-0.15, -0.1) is 0 Å². The minimum absolute atomic E-state index is 0.488. The molecule has 0 spiro atoms. The monoisotopic (exact) mass is 223 g/mol. The van der Waals surface area contributed by atoms with Crippen molar-refractivity contribution in [3.8, 4) is 0 Å². The minimum Gasteiger partial charge on any atom is -0.329 e. The molecule has 0 aromatic carbocycles. The predicted molar refractivity (Wildman–Crippen MR) is 64.2 cm³/mol. The van der Waals surface area contributed by atoms with Gasteiger partial charge in [-0.25, -0.2) is 0 Å². The van der Waals surface area contributed by atoms with E-state index >= 15 is 0 Å². The molecule has 1 fully saturated rings. The molecule has 0 bridgehead atoms. The molecule has 16 heavy (non-hydrogen) atoms. The van der Waals surface area contributed by atoms with Crippen molar-refractivity contribution >= 4 is 0 Å². The number of hydrogen-bond acceptors (Lipinski definition) is 4. The Labute approximate surface area is 96.6 Å². The highest BCUT2D eigenvalue weighted by Gasteiger charge is 2.20. The maximum absolute atomic E-state index is 5.77. The molecule has 5 heteroatoms. The van der Waals surface area contributed by atoms with Gasteiger partial charge in [0.25, 0.3) is 0 Å². The summed E-state index contributed by atoms with van der Waals surface area (Å²) in [6.07, 6.45) is 2.90. The molecule has 0 saturated carbocycles. The molecule has 1 aromatic rings. The number of aromatic nitrogens is 2. The lowest BCUT2D eigenvalue weighted by Crippen LogP contribution is -2.54. The van der Waals surface area contributed by atoms with Crippen molar-refractivity contribution in [2.24, 2.45) is 12.8 Å². The van der Waals surface area contributed by atoms with Gasteiger partial charge in [-0.1, -0.05) is 0 Å². The van der Waals surface area contributed by atoms with E-state index < -0.39 is 0 Å². The highest BCUT2D eigenvalue weighted by molar-refractivity contribution is 5.00. The van der Waals surface area contributed by atoms with E-state index in [0.717, 1.165) is 39.1 Å². The number of nitrogens with two attached hydrogens (primary N) is 1. The van der Waals surface area contributed by atoms with Crippen LogP contribution in [0.1, 0.15) is 5.69 Å². The summed E-state index contributed by atoms with van der Waals surface area (Å²) in [6, 6.07) is 2.57. The van der Waals surface area contributed by atoms with Crippen molar-refractivity contribution in [2.45, 2.75) is 12.5 Å². The van der Waals surface area contributed by atoms with Crippen LogP contribution in [0.4, 0.5) is 0 Å². The zero-order chi connectivity index (χ0) is 11.4. The zero-order valence-electron chi connectivity index (χ0n) is 9.89. The van der Waals surface area contributed by atoms with Gasteiger partial charge >= 0.3 is 0 Å². The lowest BCUT2D eigenvalue weighted by atomic mass is 10.1. The number of nitrogens with zero attached hydrogens (tertiary/aromatic N) is 3. The quantitative estimate of drug-likeness (QED) is 0.701. The highest BCUT2D eigenvalue weighted by atomic mass is 15.3. The van der Waals surface area contributed by atoms with Crippen molar-refractivity contribution in [2.75, 3.05) is 32.7 Å². The van der Waals surface area contributed by atoms with Crippen molar-refractivity contribution < 1.29 is 0 Å². The Hall–Kier alpha value is -0.910. The van der Waals surface area contributed by atoms with E-state index in [9.17, 15) is 0 Å². The molecule has 0 aliphatic carbocycles. The van der Waals surface area contributed by atoms with E-state index in [0.29, 0.717) is 6.04 Å². The Morgan fingerprint density at radius 2 is 2.50 bits per heavy atom.